The topological polar surface area (TPSA) is 82.1 Å². The van der Waals surface area contributed by atoms with Crippen LogP contribution in [0.2, 0.25) is 0 Å². The lowest BCUT2D eigenvalue weighted by Crippen LogP contribution is -2.58. The zero-order valence-electron chi connectivity index (χ0n) is 13.0. The van der Waals surface area contributed by atoms with Crippen LogP contribution in [-0.4, -0.2) is 67.6 Å². The van der Waals surface area contributed by atoms with Crippen LogP contribution in [0.25, 0.3) is 0 Å². The second kappa shape index (κ2) is 8.51. The van der Waals surface area contributed by atoms with E-state index in [4.69, 9.17) is 0 Å². The normalized spacial score (nSPS) is 19.7. The summed E-state index contributed by atoms with van der Waals surface area (Å²) in [6, 6.07) is -0.629. The van der Waals surface area contributed by atoms with Gasteiger partial charge in [-0.2, -0.15) is 0 Å². The molecular formula is C14H24N4O3. The molecule has 1 aliphatic rings. The molecule has 0 aromatic heterocycles. The van der Waals surface area contributed by atoms with Crippen molar-refractivity contribution in [2.45, 2.75) is 26.2 Å². The second-order valence-corrected chi connectivity index (χ2v) is 5.33. The molecule has 1 heterocycles. The van der Waals surface area contributed by atoms with Crippen LogP contribution in [0.5, 0.6) is 0 Å². The van der Waals surface area contributed by atoms with Gasteiger partial charge in [0.05, 0.1) is 0 Å². The molecule has 0 spiro atoms. The van der Waals surface area contributed by atoms with Crippen molar-refractivity contribution in [1.29, 1.82) is 0 Å². The lowest BCUT2D eigenvalue weighted by Gasteiger charge is -2.28. The first-order valence-corrected chi connectivity index (χ1v) is 7.28. The van der Waals surface area contributed by atoms with Crippen LogP contribution in [0.4, 0.5) is 4.79 Å². The summed E-state index contributed by atoms with van der Waals surface area (Å²) in [5.74, 6) is -2.05. The van der Waals surface area contributed by atoms with Gasteiger partial charge in [0.2, 0.25) is 11.8 Å². The van der Waals surface area contributed by atoms with E-state index in [-0.39, 0.29) is 0 Å². The predicted molar refractivity (Wildman–Crippen MR) is 80.2 cm³/mol. The Morgan fingerprint density at radius 1 is 1.29 bits per heavy atom. The van der Waals surface area contributed by atoms with E-state index in [2.05, 4.69) is 10.3 Å². The summed E-state index contributed by atoms with van der Waals surface area (Å²) in [5.41, 5.74) is 0. The lowest BCUT2D eigenvalue weighted by molar-refractivity contribution is -0.139. The number of hydrogen-bond acceptors (Lipinski definition) is 5. The molecule has 0 unspecified atom stereocenters. The van der Waals surface area contributed by atoms with Crippen LogP contribution in [0.15, 0.2) is 4.99 Å². The van der Waals surface area contributed by atoms with Crippen molar-refractivity contribution in [3.8, 4) is 0 Å². The minimum absolute atomic E-state index is 0.333. The summed E-state index contributed by atoms with van der Waals surface area (Å²) < 4.78 is 0. The van der Waals surface area contributed by atoms with Crippen LogP contribution in [0.1, 0.15) is 26.2 Å². The van der Waals surface area contributed by atoms with Gasteiger partial charge in [-0.05, 0) is 33.5 Å². The van der Waals surface area contributed by atoms with E-state index in [1.165, 1.54) is 6.21 Å². The third-order valence-corrected chi connectivity index (χ3v) is 3.17. The molecule has 7 heteroatoms. The van der Waals surface area contributed by atoms with Crippen molar-refractivity contribution in [3.05, 3.63) is 0 Å². The summed E-state index contributed by atoms with van der Waals surface area (Å²) in [4.78, 5) is 42.8. The van der Waals surface area contributed by atoms with E-state index < -0.39 is 23.8 Å². The van der Waals surface area contributed by atoms with E-state index >= 15 is 0 Å². The Hall–Kier alpha value is -1.76. The molecule has 1 rings (SSSR count). The third kappa shape index (κ3) is 5.26. The van der Waals surface area contributed by atoms with Gasteiger partial charge in [0, 0.05) is 19.3 Å². The van der Waals surface area contributed by atoms with Gasteiger partial charge in [-0.1, -0.05) is 13.3 Å². The molecule has 0 aliphatic carbocycles. The van der Waals surface area contributed by atoms with Crippen molar-refractivity contribution in [1.82, 2.24) is 15.1 Å². The van der Waals surface area contributed by atoms with Crippen LogP contribution >= 0.6 is 0 Å². The van der Waals surface area contributed by atoms with Crippen LogP contribution in [-0.2, 0) is 9.59 Å². The Bertz CT molecular complexity index is 420. The Morgan fingerprint density at radius 2 is 2.00 bits per heavy atom. The Labute approximate surface area is 125 Å². The number of carbonyl (C=O) groups is 3. The average molecular weight is 296 g/mol. The number of hydrogen-bond donors (Lipinski definition) is 1. The number of rotatable bonds is 8. The van der Waals surface area contributed by atoms with Crippen LogP contribution < -0.4 is 5.32 Å². The van der Waals surface area contributed by atoms with Gasteiger partial charge in [-0.15, -0.1) is 0 Å². The predicted octanol–water partition coefficient (Wildman–Crippen LogP) is 0.504. The Kier molecular flexibility index (Phi) is 7.01. The molecule has 0 saturated carbocycles. The maximum atomic E-state index is 12.2. The van der Waals surface area contributed by atoms with E-state index in [1.54, 1.807) is 0 Å². The SMILES string of the molecule is CCCCN1C(=O)NC(=O)[C@@H](C=NCCCN(C)C)C1=O. The molecule has 0 aromatic rings. The van der Waals surface area contributed by atoms with E-state index in [0.29, 0.717) is 13.1 Å². The molecule has 0 radical (unpaired) electrons. The number of unbranched alkanes of at least 4 members (excludes halogenated alkanes) is 1. The highest BCUT2D eigenvalue weighted by Crippen LogP contribution is 2.10. The molecule has 4 amide bonds. The highest BCUT2D eigenvalue weighted by molar-refractivity contribution is 6.23. The maximum absolute atomic E-state index is 12.2. The van der Waals surface area contributed by atoms with Gasteiger partial charge < -0.3 is 4.90 Å². The van der Waals surface area contributed by atoms with Gasteiger partial charge in [0.1, 0.15) is 0 Å². The number of barbiturate groups is 1. The molecule has 118 valence electrons. The molecule has 21 heavy (non-hydrogen) atoms. The monoisotopic (exact) mass is 296 g/mol. The fourth-order valence-electron chi connectivity index (χ4n) is 1.95. The average Bonchev–Trinajstić information content (AvgIpc) is 2.41. The maximum Gasteiger partial charge on any atom is 0.330 e. The number of aliphatic imine (C=N–C) groups is 1. The third-order valence-electron chi connectivity index (χ3n) is 3.17. The summed E-state index contributed by atoms with van der Waals surface area (Å²) in [7, 11) is 3.94. The molecule has 1 N–H and O–H groups in total. The highest BCUT2D eigenvalue weighted by Gasteiger charge is 2.38. The van der Waals surface area contributed by atoms with E-state index in [0.717, 1.165) is 30.7 Å². The first-order chi connectivity index (χ1) is 9.97. The van der Waals surface area contributed by atoms with Gasteiger partial charge in [-0.25, -0.2) is 4.79 Å². The standard InChI is InChI=1S/C14H24N4O3/c1-4-5-9-18-13(20)11(12(19)16-14(18)21)10-15-7-6-8-17(2)3/h10-11H,4-9H2,1-3H3,(H,16,19,21)/t11-/m1/s1. The van der Waals surface area contributed by atoms with Crippen molar-refractivity contribution in [2.75, 3.05) is 33.7 Å². The van der Waals surface area contributed by atoms with Gasteiger partial charge in [0.25, 0.3) is 0 Å². The fraction of sp³-hybridized carbons (Fsp3) is 0.714. The summed E-state index contributed by atoms with van der Waals surface area (Å²) >= 11 is 0. The van der Waals surface area contributed by atoms with E-state index in [9.17, 15) is 14.4 Å². The first kappa shape index (κ1) is 17.3. The first-order valence-electron chi connectivity index (χ1n) is 7.28. The minimum atomic E-state index is -0.987. The zero-order valence-corrected chi connectivity index (χ0v) is 13.0. The van der Waals surface area contributed by atoms with Crippen molar-refractivity contribution in [3.63, 3.8) is 0 Å². The minimum Gasteiger partial charge on any atom is -0.309 e. The zero-order chi connectivity index (χ0) is 15.8. The largest absolute Gasteiger partial charge is 0.330 e. The summed E-state index contributed by atoms with van der Waals surface area (Å²) in [6.45, 7) is 3.75. The second-order valence-electron chi connectivity index (χ2n) is 5.33. The number of amides is 4. The fourth-order valence-corrected chi connectivity index (χ4v) is 1.95. The van der Waals surface area contributed by atoms with E-state index in [1.807, 2.05) is 25.9 Å². The molecule has 7 nitrogen and oxygen atoms in total. The van der Waals surface area contributed by atoms with Crippen LogP contribution in [0.3, 0.4) is 0 Å². The van der Waals surface area contributed by atoms with Crippen LogP contribution in [0, 0.1) is 5.92 Å². The number of carbonyl (C=O) groups excluding carboxylic acids is 3. The number of nitrogens with zero attached hydrogens (tertiary/aromatic N) is 3. The Morgan fingerprint density at radius 3 is 2.62 bits per heavy atom. The lowest BCUT2D eigenvalue weighted by atomic mass is 10.1. The molecule has 1 fully saturated rings. The molecule has 1 saturated heterocycles. The van der Waals surface area contributed by atoms with Gasteiger partial charge in [-0.3, -0.25) is 24.8 Å². The van der Waals surface area contributed by atoms with Crippen molar-refractivity contribution < 1.29 is 14.4 Å². The summed E-state index contributed by atoms with van der Waals surface area (Å²) in [6.07, 6.45) is 3.80. The van der Waals surface area contributed by atoms with Crippen molar-refractivity contribution >= 4 is 24.1 Å². The molecular weight excluding hydrogens is 272 g/mol. The quantitative estimate of drug-likeness (QED) is 0.402. The smallest absolute Gasteiger partial charge is 0.309 e. The molecule has 1 atom stereocenters. The molecule has 1 aliphatic heterocycles. The van der Waals surface area contributed by atoms with Crippen molar-refractivity contribution in [2.24, 2.45) is 10.9 Å². The van der Waals surface area contributed by atoms with Gasteiger partial charge in [0.15, 0.2) is 5.92 Å². The highest BCUT2D eigenvalue weighted by atomic mass is 16.2. The summed E-state index contributed by atoms with van der Waals surface area (Å²) in [5, 5.41) is 2.21. The number of nitrogens with one attached hydrogen (secondary N) is 1. The Balaban J connectivity index is 2.58. The number of imide groups is 2. The number of urea groups is 1. The molecule has 0 bridgehead atoms. The molecule has 0 aromatic carbocycles. The van der Waals surface area contributed by atoms with Gasteiger partial charge >= 0.3 is 6.03 Å².